The smallest absolute Gasteiger partial charge is 0.276 e. The molecular formula is C15H20N4O2. The molecule has 0 spiro atoms. The summed E-state index contributed by atoms with van der Waals surface area (Å²) in [6, 6.07) is 3.77. The molecule has 6 heteroatoms. The molecular weight excluding hydrogens is 268 g/mol. The van der Waals surface area contributed by atoms with Crippen LogP contribution < -0.4 is 5.73 Å². The highest BCUT2D eigenvalue weighted by Gasteiger charge is 2.41. The Labute approximate surface area is 123 Å². The molecule has 1 saturated carbocycles. The molecule has 1 fully saturated rings. The molecule has 2 aromatic rings. The van der Waals surface area contributed by atoms with Gasteiger partial charge in [0.1, 0.15) is 11.3 Å². The van der Waals surface area contributed by atoms with Gasteiger partial charge >= 0.3 is 0 Å². The lowest BCUT2D eigenvalue weighted by molar-refractivity contribution is -0.0469. The Morgan fingerprint density at radius 1 is 1.33 bits per heavy atom. The molecule has 0 radical (unpaired) electrons. The van der Waals surface area contributed by atoms with Gasteiger partial charge in [-0.2, -0.15) is 4.98 Å². The van der Waals surface area contributed by atoms with E-state index in [2.05, 4.69) is 15.1 Å². The van der Waals surface area contributed by atoms with Crippen LogP contribution in [0.4, 0.5) is 0 Å². The van der Waals surface area contributed by atoms with E-state index < -0.39 is 0 Å². The summed E-state index contributed by atoms with van der Waals surface area (Å²) in [5.41, 5.74) is 6.82. The maximum atomic E-state index is 5.94. The van der Waals surface area contributed by atoms with Crippen LogP contribution in [-0.4, -0.2) is 21.7 Å². The van der Waals surface area contributed by atoms with Gasteiger partial charge in [-0.1, -0.05) is 11.2 Å². The standard InChI is InChI=1S/C15H20N4O2/c1-2-20-15(7-3-4-8-15)14-18-13(21-19-14)12-6-5-11(9-16)10-17-12/h5-6,10H,2-4,7-9,16H2,1H3. The van der Waals surface area contributed by atoms with Crippen LogP contribution in [0.25, 0.3) is 11.6 Å². The SMILES string of the molecule is CCOC1(c2noc(-c3ccc(CN)cn3)n2)CCCC1. The zero-order valence-corrected chi connectivity index (χ0v) is 12.2. The van der Waals surface area contributed by atoms with Crippen LogP contribution in [0.15, 0.2) is 22.9 Å². The van der Waals surface area contributed by atoms with Gasteiger partial charge in [-0.25, -0.2) is 0 Å². The first-order chi connectivity index (χ1) is 10.3. The third-order valence-electron chi connectivity index (χ3n) is 3.94. The third kappa shape index (κ3) is 2.69. The van der Waals surface area contributed by atoms with Gasteiger partial charge in [0, 0.05) is 19.3 Å². The normalized spacial score (nSPS) is 17.2. The van der Waals surface area contributed by atoms with Gasteiger partial charge in [-0.15, -0.1) is 0 Å². The molecule has 2 aromatic heterocycles. The highest BCUT2D eigenvalue weighted by Crippen LogP contribution is 2.41. The summed E-state index contributed by atoms with van der Waals surface area (Å²) in [4.78, 5) is 8.82. The lowest BCUT2D eigenvalue weighted by atomic mass is 10.0. The minimum absolute atomic E-state index is 0.381. The van der Waals surface area contributed by atoms with E-state index >= 15 is 0 Å². The minimum Gasteiger partial charge on any atom is -0.367 e. The van der Waals surface area contributed by atoms with Gasteiger partial charge in [-0.3, -0.25) is 4.98 Å². The average Bonchev–Trinajstić information content (AvgIpc) is 3.17. The van der Waals surface area contributed by atoms with Gasteiger partial charge in [0.25, 0.3) is 5.89 Å². The van der Waals surface area contributed by atoms with Crippen LogP contribution in [0.1, 0.15) is 44.0 Å². The van der Waals surface area contributed by atoms with Crippen LogP contribution in [0, 0.1) is 0 Å². The largest absolute Gasteiger partial charge is 0.367 e. The first-order valence-electron chi connectivity index (χ1n) is 7.41. The number of nitrogens with zero attached hydrogens (tertiary/aromatic N) is 3. The van der Waals surface area contributed by atoms with Crippen molar-refractivity contribution in [2.45, 2.75) is 44.8 Å². The summed E-state index contributed by atoms with van der Waals surface area (Å²) in [7, 11) is 0. The van der Waals surface area contributed by atoms with E-state index in [1.54, 1.807) is 6.20 Å². The van der Waals surface area contributed by atoms with Gasteiger partial charge in [0.15, 0.2) is 0 Å². The molecule has 0 atom stereocenters. The van der Waals surface area contributed by atoms with E-state index in [1.165, 1.54) is 0 Å². The highest BCUT2D eigenvalue weighted by atomic mass is 16.5. The van der Waals surface area contributed by atoms with Crippen LogP contribution >= 0.6 is 0 Å². The van der Waals surface area contributed by atoms with Gasteiger partial charge in [0.2, 0.25) is 5.82 Å². The Kier molecular flexibility index (Phi) is 3.98. The average molecular weight is 288 g/mol. The fourth-order valence-corrected chi connectivity index (χ4v) is 2.84. The second-order valence-electron chi connectivity index (χ2n) is 5.31. The summed E-state index contributed by atoms with van der Waals surface area (Å²) in [5, 5.41) is 4.13. The molecule has 2 heterocycles. The maximum absolute atomic E-state index is 5.94. The summed E-state index contributed by atoms with van der Waals surface area (Å²) in [6.45, 7) is 3.11. The molecule has 0 aliphatic heterocycles. The summed E-state index contributed by atoms with van der Waals surface area (Å²) < 4.78 is 11.3. The third-order valence-corrected chi connectivity index (χ3v) is 3.94. The van der Waals surface area contributed by atoms with Crippen molar-refractivity contribution >= 4 is 0 Å². The molecule has 0 aromatic carbocycles. The maximum Gasteiger partial charge on any atom is 0.276 e. The van der Waals surface area contributed by atoms with Crippen molar-refractivity contribution in [1.82, 2.24) is 15.1 Å². The van der Waals surface area contributed by atoms with Gasteiger partial charge < -0.3 is 15.0 Å². The van der Waals surface area contributed by atoms with Crippen LogP contribution in [0.3, 0.4) is 0 Å². The van der Waals surface area contributed by atoms with Crippen LogP contribution in [0.2, 0.25) is 0 Å². The van der Waals surface area contributed by atoms with E-state index in [0.717, 1.165) is 31.2 Å². The topological polar surface area (TPSA) is 87.1 Å². The quantitative estimate of drug-likeness (QED) is 0.909. The lowest BCUT2D eigenvalue weighted by Gasteiger charge is -2.24. The van der Waals surface area contributed by atoms with Gasteiger partial charge in [0.05, 0.1) is 0 Å². The summed E-state index contributed by atoms with van der Waals surface area (Å²) >= 11 is 0. The number of pyridine rings is 1. The van der Waals surface area contributed by atoms with Crippen molar-refractivity contribution < 1.29 is 9.26 Å². The molecule has 21 heavy (non-hydrogen) atoms. The number of aromatic nitrogens is 3. The Morgan fingerprint density at radius 2 is 2.14 bits per heavy atom. The van der Waals surface area contributed by atoms with Crippen molar-refractivity contribution in [1.29, 1.82) is 0 Å². The van der Waals surface area contributed by atoms with Crippen LogP contribution in [-0.2, 0) is 16.9 Å². The fourth-order valence-electron chi connectivity index (χ4n) is 2.84. The summed E-state index contributed by atoms with van der Waals surface area (Å²) in [5.74, 6) is 1.07. The van der Waals surface area contributed by atoms with E-state index in [4.69, 9.17) is 15.0 Å². The zero-order valence-electron chi connectivity index (χ0n) is 12.2. The fraction of sp³-hybridized carbons (Fsp3) is 0.533. The number of ether oxygens (including phenoxy) is 1. The molecule has 6 nitrogen and oxygen atoms in total. The second-order valence-corrected chi connectivity index (χ2v) is 5.31. The number of rotatable bonds is 5. The monoisotopic (exact) mass is 288 g/mol. The lowest BCUT2D eigenvalue weighted by Crippen LogP contribution is -2.27. The van der Waals surface area contributed by atoms with E-state index in [1.807, 2.05) is 19.1 Å². The number of hydrogen-bond donors (Lipinski definition) is 1. The van der Waals surface area contributed by atoms with Crippen molar-refractivity contribution in [2.75, 3.05) is 6.61 Å². The molecule has 3 rings (SSSR count). The predicted octanol–water partition coefficient (Wildman–Crippen LogP) is 2.40. The molecule has 112 valence electrons. The Balaban J connectivity index is 1.87. The molecule has 1 aliphatic rings. The Bertz CT molecular complexity index is 588. The van der Waals surface area contributed by atoms with Crippen molar-refractivity contribution in [3.63, 3.8) is 0 Å². The Morgan fingerprint density at radius 3 is 2.76 bits per heavy atom. The predicted molar refractivity (Wildman–Crippen MR) is 77.2 cm³/mol. The second kappa shape index (κ2) is 5.91. The molecule has 0 saturated heterocycles. The van der Waals surface area contributed by atoms with Crippen molar-refractivity contribution in [3.8, 4) is 11.6 Å². The summed E-state index contributed by atoms with van der Waals surface area (Å²) in [6.07, 6.45) is 5.88. The molecule has 1 aliphatic carbocycles. The molecule has 0 unspecified atom stereocenters. The molecule has 2 N–H and O–H groups in total. The van der Waals surface area contributed by atoms with Crippen LogP contribution in [0.5, 0.6) is 0 Å². The Hall–Kier alpha value is -1.79. The first kappa shape index (κ1) is 14.2. The van der Waals surface area contributed by atoms with Crippen molar-refractivity contribution in [3.05, 3.63) is 29.7 Å². The number of hydrogen-bond acceptors (Lipinski definition) is 6. The van der Waals surface area contributed by atoms with Gasteiger partial charge in [-0.05, 0) is 44.2 Å². The zero-order chi connectivity index (χ0) is 14.7. The molecule has 0 amide bonds. The van der Waals surface area contributed by atoms with E-state index in [9.17, 15) is 0 Å². The minimum atomic E-state index is -0.381. The highest BCUT2D eigenvalue weighted by molar-refractivity contribution is 5.46. The molecule has 0 bridgehead atoms. The van der Waals surface area contributed by atoms with E-state index in [-0.39, 0.29) is 5.60 Å². The van der Waals surface area contributed by atoms with E-state index in [0.29, 0.717) is 30.6 Å². The number of nitrogens with two attached hydrogens (primary N) is 1. The first-order valence-corrected chi connectivity index (χ1v) is 7.41. The van der Waals surface area contributed by atoms with Crippen molar-refractivity contribution in [2.24, 2.45) is 5.73 Å².